The van der Waals surface area contributed by atoms with Crippen molar-refractivity contribution in [1.82, 2.24) is 10.2 Å². The first-order chi connectivity index (χ1) is 8.69. The molecule has 3 N–H and O–H groups in total. The SMILES string of the molecule is CCc1nnc(N2CCCC2)c(C(=N)N)c1CC. The minimum atomic E-state index is 0.110. The van der Waals surface area contributed by atoms with E-state index in [1.165, 1.54) is 12.8 Å². The van der Waals surface area contributed by atoms with E-state index in [4.69, 9.17) is 11.1 Å². The van der Waals surface area contributed by atoms with Crippen molar-refractivity contribution >= 4 is 11.7 Å². The third kappa shape index (κ3) is 2.17. The van der Waals surface area contributed by atoms with Crippen molar-refractivity contribution in [1.29, 1.82) is 5.41 Å². The molecular weight excluding hydrogens is 226 g/mol. The van der Waals surface area contributed by atoms with Gasteiger partial charge in [0.25, 0.3) is 0 Å². The van der Waals surface area contributed by atoms with Crippen LogP contribution in [-0.2, 0) is 12.8 Å². The van der Waals surface area contributed by atoms with Gasteiger partial charge in [0.1, 0.15) is 5.84 Å². The molecule has 1 fully saturated rings. The molecule has 0 atom stereocenters. The van der Waals surface area contributed by atoms with Crippen molar-refractivity contribution in [3.05, 3.63) is 16.8 Å². The van der Waals surface area contributed by atoms with Gasteiger partial charge in [-0.3, -0.25) is 5.41 Å². The van der Waals surface area contributed by atoms with Crippen LogP contribution in [0.1, 0.15) is 43.5 Å². The highest BCUT2D eigenvalue weighted by Gasteiger charge is 2.23. The second kappa shape index (κ2) is 5.33. The Balaban J connectivity index is 2.55. The average molecular weight is 247 g/mol. The Bertz CT molecular complexity index is 449. The Hall–Kier alpha value is -1.65. The summed E-state index contributed by atoms with van der Waals surface area (Å²) in [7, 11) is 0. The number of aryl methyl sites for hydroxylation is 1. The maximum Gasteiger partial charge on any atom is 0.162 e. The van der Waals surface area contributed by atoms with Crippen LogP contribution in [-0.4, -0.2) is 29.1 Å². The quantitative estimate of drug-likeness (QED) is 0.624. The summed E-state index contributed by atoms with van der Waals surface area (Å²) in [5.74, 6) is 0.910. The van der Waals surface area contributed by atoms with Crippen molar-refractivity contribution in [3.8, 4) is 0 Å². The van der Waals surface area contributed by atoms with E-state index < -0.39 is 0 Å². The van der Waals surface area contributed by atoms with E-state index in [9.17, 15) is 0 Å². The molecule has 0 radical (unpaired) electrons. The fraction of sp³-hybridized carbons (Fsp3) is 0.615. The molecular formula is C13H21N5. The summed E-state index contributed by atoms with van der Waals surface area (Å²) in [5.41, 5.74) is 8.62. The summed E-state index contributed by atoms with van der Waals surface area (Å²) in [4.78, 5) is 2.20. The van der Waals surface area contributed by atoms with Gasteiger partial charge in [-0.05, 0) is 31.2 Å². The van der Waals surface area contributed by atoms with Crippen LogP contribution in [0.2, 0.25) is 0 Å². The van der Waals surface area contributed by atoms with E-state index in [2.05, 4.69) is 28.9 Å². The number of rotatable bonds is 4. The van der Waals surface area contributed by atoms with Gasteiger partial charge in [0.2, 0.25) is 0 Å². The number of hydrogen-bond acceptors (Lipinski definition) is 4. The lowest BCUT2D eigenvalue weighted by Crippen LogP contribution is -2.27. The Morgan fingerprint density at radius 3 is 2.39 bits per heavy atom. The Morgan fingerprint density at radius 1 is 1.22 bits per heavy atom. The molecule has 5 nitrogen and oxygen atoms in total. The highest BCUT2D eigenvalue weighted by Crippen LogP contribution is 2.26. The molecule has 5 heteroatoms. The van der Waals surface area contributed by atoms with Gasteiger partial charge < -0.3 is 10.6 Å². The van der Waals surface area contributed by atoms with E-state index in [0.29, 0.717) is 0 Å². The molecule has 0 aliphatic carbocycles. The molecule has 18 heavy (non-hydrogen) atoms. The highest BCUT2D eigenvalue weighted by molar-refractivity contribution is 6.01. The summed E-state index contributed by atoms with van der Waals surface area (Å²) >= 11 is 0. The van der Waals surface area contributed by atoms with E-state index >= 15 is 0 Å². The number of nitrogens with two attached hydrogens (primary N) is 1. The lowest BCUT2D eigenvalue weighted by atomic mass is 10.0. The molecule has 1 aromatic rings. The number of nitrogen functional groups attached to an aromatic ring is 1. The predicted octanol–water partition coefficient (Wildman–Crippen LogP) is 1.49. The van der Waals surface area contributed by atoms with Crippen molar-refractivity contribution in [2.75, 3.05) is 18.0 Å². The molecule has 1 saturated heterocycles. The van der Waals surface area contributed by atoms with Crippen LogP contribution in [0.4, 0.5) is 5.82 Å². The molecule has 0 unspecified atom stereocenters. The van der Waals surface area contributed by atoms with Crippen molar-refractivity contribution in [2.24, 2.45) is 5.73 Å². The standard InChI is InChI=1S/C13H21N5/c1-3-9-10(4-2)16-17-13(11(9)12(14)15)18-7-5-6-8-18/h3-8H2,1-2H3,(H3,14,15). The minimum Gasteiger partial charge on any atom is -0.384 e. The molecule has 1 aromatic heterocycles. The number of nitrogens with one attached hydrogen (secondary N) is 1. The lowest BCUT2D eigenvalue weighted by molar-refractivity contribution is 0.831. The molecule has 0 spiro atoms. The molecule has 0 aromatic carbocycles. The van der Waals surface area contributed by atoms with Crippen LogP contribution in [0.5, 0.6) is 0 Å². The zero-order valence-corrected chi connectivity index (χ0v) is 11.2. The molecule has 1 aliphatic rings. The molecule has 1 aliphatic heterocycles. The van der Waals surface area contributed by atoms with Gasteiger partial charge in [-0.25, -0.2) is 0 Å². The summed E-state index contributed by atoms with van der Waals surface area (Å²) in [6, 6.07) is 0. The van der Waals surface area contributed by atoms with Crippen molar-refractivity contribution in [2.45, 2.75) is 39.5 Å². The Morgan fingerprint density at radius 2 is 1.89 bits per heavy atom. The zero-order valence-electron chi connectivity index (χ0n) is 11.2. The smallest absolute Gasteiger partial charge is 0.162 e. The van der Waals surface area contributed by atoms with Crippen LogP contribution in [0.25, 0.3) is 0 Å². The first-order valence-corrected chi connectivity index (χ1v) is 6.66. The van der Waals surface area contributed by atoms with Crippen molar-refractivity contribution < 1.29 is 0 Å². The lowest BCUT2D eigenvalue weighted by Gasteiger charge is -2.21. The molecule has 0 bridgehead atoms. The molecule has 2 rings (SSSR count). The molecule has 0 saturated carbocycles. The first kappa shape index (κ1) is 12.8. The summed E-state index contributed by atoms with van der Waals surface area (Å²) < 4.78 is 0. The predicted molar refractivity (Wildman–Crippen MR) is 73.3 cm³/mol. The summed E-state index contributed by atoms with van der Waals surface area (Å²) in [6.45, 7) is 6.12. The summed E-state index contributed by atoms with van der Waals surface area (Å²) in [5, 5.41) is 16.5. The Kier molecular flexibility index (Phi) is 3.79. The fourth-order valence-electron chi connectivity index (χ4n) is 2.60. The maximum absolute atomic E-state index is 7.84. The second-order valence-corrected chi connectivity index (χ2v) is 4.64. The van der Waals surface area contributed by atoms with Crippen LogP contribution in [0.15, 0.2) is 0 Å². The molecule has 2 heterocycles. The average Bonchev–Trinajstić information content (AvgIpc) is 2.90. The van der Waals surface area contributed by atoms with Crippen LogP contribution < -0.4 is 10.6 Å². The van der Waals surface area contributed by atoms with Gasteiger partial charge >= 0.3 is 0 Å². The maximum atomic E-state index is 7.84. The first-order valence-electron chi connectivity index (χ1n) is 6.66. The van der Waals surface area contributed by atoms with Gasteiger partial charge in [-0.15, -0.1) is 5.10 Å². The zero-order chi connectivity index (χ0) is 13.1. The van der Waals surface area contributed by atoms with Gasteiger partial charge in [0.05, 0.1) is 11.3 Å². The third-order valence-electron chi connectivity index (χ3n) is 3.50. The van der Waals surface area contributed by atoms with E-state index in [1.54, 1.807) is 0 Å². The van der Waals surface area contributed by atoms with E-state index in [1.807, 2.05) is 0 Å². The molecule has 98 valence electrons. The number of nitrogens with zero attached hydrogens (tertiary/aromatic N) is 3. The Labute approximate surface area is 108 Å². The second-order valence-electron chi connectivity index (χ2n) is 4.64. The van der Waals surface area contributed by atoms with Crippen LogP contribution in [0.3, 0.4) is 0 Å². The molecule has 0 amide bonds. The number of hydrogen-bond donors (Lipinski definition) is 2. The number of anilines is 1. The van der Waals surface area contributed by atoms with Gasteiger partial charge in [-0.2, -0.15) is 5.10 Å². The minimum absolute atomic E-state index is 0.110. The number of aromatic nitrogens is 2. The monoisotopic (exact) mass is 247 g/mol. The third-order valence-corrected chi connectivity index (χ3v) is 3.50. The van der Waals surface area contributed by atoms with Gasteiger partial charge in [0, 0.05) is 13.1 Å². The normalized spacial score (nSPS) is 15.1. The van der Waals surface area contributed by atoms with E-state index in [0.717, 1.165) is 48.6 Å². The van der Waals surface area contributed by atoms with Gasteiger partial charge in [0.15, 0.2) is 5.82 Å². The van der Waals surface area contributed by atoms with E-state index in [-0.39, 0.29) is 5.84 Å². The topological polar surface area (TPSA) is 78.9 Å². The number of amidine groups is 1. The van der Waals surface area contributed by atoms with Crippen LogP contribution >= 0.6 is 0 Å². The fourth-order valence-corrected chi connectivity index (χ4v) is 2.60. The highest BCUT2D eigenvalue weighted by atomic mass is 15.3. The largest absolute Gasteiger partial charge is 0.384 e. The van der Waals surface area contributed by atoms with Gasteiger partial charge in [-0.1, -0.05) is 13.8 Å². The van der Waals surface area contributed by atoms with Crippen LogP contribution in [0, 0.1) is 5.41 Å². The van der Waals surface area contributed by atoms with Crippen molar-refractivity contribution in [3.63, 3.8) is 0 Å². The summed E-state index contributed by atoms with van der Waals surface area (Å²) in [6.07, 6.45) is 4.03.